The van der Waals surface area contributed by atoms with Gasteiger partial charge in [0.1, 0.15) is 11.6 Å². The van der Waals surface area contributed by atoms with Gasteiger partial charge in [-0.1, -0.05) is 12.1 Å². The van der Waals surface area contributed by atoms with Crippen molar-refractivity contribution in [3.63, 3.8) is 0 Å². The lowest BCUT2D eigenvalue weighted by molar-refractivity contribution is 0.436. The van der Waals surface area contributed by atoms with Gasteiger partial charge in [-0.15, -0.1) is 0 Å². The van der Waals surface area contributed by atoms with Crippen LogP contribution in [0.1, 0.15) is 25.2 Å². The van der Waals surface area contributed by atoms with Crippen LogP contribution in [0.2, 0.25) is 0 Å². The molecular formula is C19H24N4O. The maximum atomic E-state index is 10.2. The first-order chi connectivity index (χ1) is 11.6. The summed E-state index contributed by atoms with van der Waals surface area (Å²) in [6.45, 7) is 9.49. The quantitative estimate of drug-likeness (QED) is 0.670. The molecule has 0 atom stereocenters. The Labute approximate surface area is 142 Å². The zero-order valence-corrected chi connectivity index (χ0v) is 14.5. The highest BCUT2D eigenvalue weighted by Gasteiger charge is 2.19. The summed E-state index contributed by atoms with van der Waals surface area (Å²) in [6, 6.07) is 6.26. The first kappa shape index (κ1) is 16.5. The predicted molar refractivity (Wildman–Crippen MR) is 99.4 cm³/mol. The first-order valence-electron chi connectivity index (χ1n) is 8.40. The molecule has 126 valence electrons. The Morgan fingerprint density at radius 3 is 2.58 bits per heavy atom. The van der Waals surface area contributed by atoms with Crippen LogP contribution in [0.5, 0.6) is 0 Å². The number of piperazine rings is 1. The average molecular weight is 324 g/mol. The maximum absolute atomic E-state index is 10.2. The molecule has 1 fully saturated rings. The fourth-order valence-corrected chi connectivity index (χ4v) is 3.01. The molecule has 0 aliphatic carbocycles. The second-order valence-electron chi connectivity index (χ2n) is 6.00. The van der Waals surface area contributed by atoms with Gasteiger partial charge in [0.15, 0.2) is 5.82 Å². The van der Waals surface area contributed by atoms with E-state index in [9.17, 15) is 5.11 Å². The molecule has 3 rings (SSSR count). The number of allylic oxidation sites excluding steroid dienone is 3. The van der Waals surface area contributed by atoms with Gasteiger partial charge in [-0.05, 0) is 44.5 Å². The van der Waals surface area contributed by atoms with Crippen molar-refractivity contribution in [3.8, 4) is 0 Å². The standard InChI is InChI=1S/C19H24N4O/c1-4-14(17(24)5-2)18-21-16-12-13(3)6-7-15(16)19(22-18)23-10-8-20-9-11-23/h4-7,12,20,24H,8-11H2,1-3H3/b14-4+,17-5+. The number of aryl methyl sites for hydroxylation is 1. The van der Waals surface area contributed by atoms with Crippen LogP contribution < -0.4 is 10.2 Å². The van der Waals surface area contributed by atoms with Gasteiger partial charge >= 0.3 is 0 Å². The summed E-state index contributed by atoms with van der Waals surface area (Å²) in [5.41, 5.74) is 2.74. The van der Waals surface area contributed by atoms with Crippen LogP contribution in [0.3, 0.4) is 0 Å². The minimum Gasteiger partial charge on any atom is -0.508 e. The molecule has 24 heavy (non-hydrogen) atoms. The summed E-state index contributed by atoms with van der Waals surface area (Å²) in [7, 11) is 0. The third-order valence-electron chi connectivity index (χ3n) is 4.33. The third-order valence-corrected chi connectivity index (χ3v) is 4.33. The Bertz CT molecular complexity index is 804. The second-order valence-corrected chi connectivity index (χ2v) is 6.00. The third kappa shape index (κ3) is 3.12. The van der Waals surface area contributed by atoms with E-state index in [1.54, 1.807) is 13.0 Å². The van der Waals surface area contributed by atoms with Crippen molar-refractivity contribution in [3.05, 3.63) is 47.5 Å². The van der Waals surface area contributed by atoms with Crippen molar-refractivity contribution in [1.82, 2.24) is 15.3 Å². The van der Waals surface area contributed by atoms with Crippen LogP contribution in [0.4, 0.5) is 5.82 Å². The second kappa shape index (κ2) is 7.01. The molecule has 1 aromatic heterocycles. The van der Waals surface area contributed by atoms with E-state index in [1.165, 1.54) is 0 Å². The van der Waals surface area contributed by atoms with Crippen molar-refractivity contribution >= 4 is 22.3 Å². The molecule has 0 amide bonds. The zero-order chi connectivity index (χ0) is 17.1. The van der Waals surface area contributed by atoms with E-state index in [0.29, 0.717) is 11.4 Å². The molecule has 2 heterocycles. The number of fused-ring (bicyclic) bond motifs is 1. The maximum Gasteiger partial charge on any atom is 0.165 e. The Balaban J connectivity index is 2.20. The number of hydrogen-bond acceptors (Lipinski definition) is 5. The van der Waals surface area contributed by atoms with Gasteiger partial charge in [-0.2, -0.15) is 0 Å². The van der Waals surface area contributed by atoms with Gasteiger partial charge in [0.05, 0.1) is 11.1 Å². The minimum absolute atomic E-state index is 0.204. The number of benzene rings is 1. The Hall–Kier alpha value is -2.40. The molecule has 2 aromatic rings. The van der Waals surface area contributed by atoms with E-state index in [2.05, 4.69) is 35.3 Å². The van der Waals surface area contributed by atoms with Crippen LogP contribution in [0.25, 0.3) is 16.5 Å². The molecule has 0 bridgehead atoms. The summed E-state index contributed by atoms with van der Waals surface area (Å²) in [4.78, 5) is 11.8. The van der Waals surface area contributed by atoms with Gasteiger partial charge in [0, 0.05) is 31.6 Å². The highest BCUT2D eigenvalue weighted by Crippen LogP contribution is 2.28. The number of anilines is 1. The van der Waals surface area contributed by atoms with Crippen molar-refractivity contribution < 1.29 is 5.11 Å². The molecule has 1 aromatic carbocycles. The Morgan fingerprint density at radius 2 is 1.92 bits per heavy atom. The number of nitrogens with one attached hydrogen (secondary N) is 1. The van der Waals surface area contributed by atoms with Crippen LogP contribution in [-0.2, 0) is 0 Å². The van der Waals surface area contributed by atoms with Crippen molar-refractivity contribution in [1.29, 1.82) is 0 Å². The first-order valence-corrected chi connectivity index (χ1v) is 8.40. The smallest absolute Gasteiger partial charge is 0.165 e. The zero-order valence-electron chi connectivity index (χ0n) is 14.5. The number of nitrogens with zero attached hydrogens (tertiary/aromatic N) is 3. The molecule has 2 N–H and O–H groups in total. The lowest BCUT2D eigenvalue weighted by Crippen LogP contribution is -2.44. The van der Waals surface area contributed by atoms with Crippen LogP contribution in [0.15, 0.2) is 36.1 Å². The van der Waals surface area contributed by atoms with Crippen molar-refractivity contribution in [2.24, 2.45) is 0 Å². The van der Waals surface area contributed by atoms with Gasteiger partial charge < -0.3 is 15.3 Å². The summed E-state index contributed by atoms with van der Waals surface area (Å²) in [6.07, 6.45) is 3.53. The van der Waals surface area contributed by atoms with E-state index >= 15 is 0 Å². The van der Waals surface area contributed by atoms with E-state index in [-0.39, 0.29) is 5.76 Å². The van der Waals surface area contributed by atoms with Crippen LogP contribution in [0, 0.1) is 6.92 Å². The summed E-state index contributed by atoms with van der Waals surface area (Å²) < 4.78 is 0. The lowest BCUT2D eigenvalue weighted by Gasteiger charge is -2.29. The molecule has 0 unspecified atom stereocenters. The molecule has 5 heteroatoms. The molecule has 1 saturated heterocycles. The molecule has 0 spiro atoms. The molecule has 5 nitrogen and oxygen atoms in total. The van der Waals surface area contributed by atoms with E-state index in [1.807, 2.05) is 13.0 Å². The molecule has 1 aliphatic heterocycles. The summed E-state index contributed by atoms with van der Waals surface area (Å²) in [5, 5.41) is 14.6. The SMILES string of the molecule is C/C=C(\C(O)=C/C)c1nc(N2CCNCC2)c2ccc(C)cc2n1. The van der Waals surface area contributed by atoms with Gasteiger partial charge in [0.2, 0.25) is 0 Å². The molecule has 0 radical (unpaired) electrons. The van der Waals surface area contributed by atoms with E-state index < -0.39 is 0 Å². The van der Waals surface area contributed by atoms with Crippen molar-refractivity contribution in [2.75, 3.05) is 31.1 Å². The molecule has 0 saturated carbocycles. The largest absolute Gasteiger partial charge is 0.508 e. The van der Waals surface area contributed by atoms with Crippen LogP contribution >= 0.6 is 0 Å². The number of aromatic nitrogens is 2. The van der Waals surface area contributed by atoms with Gasteiger partial charge in [-0.25, -0.2) is 9.97 Å². The van der Waals surface area contributed by atoms with Crippen LogP contribution in [-0.4, -0.2) is 41.3 Å². The highest BCUT2D eigenvalue weighted by molar-refractivity contribution is 5.92. The highest BCUT2D eigenvalue weighted by atomic mass is 16.3. The van der Waals surface area contributed by atoms with Crippen molar-refractivity contribution in [2.45, 2.75) is 20.8 Å². The lowest BCUT2D eigenvalue weighted by atomic mass is 10.1. The predicted octanol–water partition coefficient (Wildman–Crippen LogP) is 3.21. The Morgan fingerprint density at radius 1 is 1.17 bits per heavy atom. The normalized spacial score (nSPS) is 16.7. The fraction of sp³-hybridized carbons (Fsp3) is 0.368. The van der Waals surface area contributed by atoms with Gasteiger partial charge in [-0.3, -0.25) is 0 Å². The monoisotopic (exact) mass is 324 g/mol. The average Bonchev–Trinajstić information content (AvgIpc) is 2.61. The number of hydrogen-bond donors (Lipinski definition) is 2. The summed E-state index contributed by atoms with van der Waals surface area (Å²) >= 11 is 0. The number of rotatable bonds is 3. The van der Waals surface area contributed by atoms with Gasteiger partial charge in [0.25, 0.3) is 0 Å². The number of aliphatic hydroxyl groups excluding tert-OH is 1. The fourth-order valence-electron chi connectivity index (χ4n) is 3.01. The molecule has 1 aliphatic rings. The topological polar surface area (TPSA) is 61.3 Å². The number of aliphatic hydroxyl groups is 1. The van der Waals surface area contributed by atoms with E-state index in [0.717, 1.165) is 48.5 Å². The minimum atomic E-state index is 0.204. The summed E-state index contributed by atoms with van der Waals surface area (Å²) in [5.74, 6) is 1.72. The molecular weight excluding hydrogens is 300 g/mol. The Kier molecular flexibility index (Phi) is 4.81. The van der Waals surface area contributed by atoms with E-state index in [4.69, 9.17) is 9.97 Å².